The van der Waals surface area contributed by atoms with Gasteiger partial charge in [0.25, 0.3) is 11.6 Å². The summed E-state index contributed by atoms with van der Waals surface area (Å²) < 4.78 is 4.98. The molecule has 0 unspecified atom stereocenters. The van der Waals surface area contributed by atoms with Gasteiger partial charge in [0.1, 0.15) is 0 Å². The number of non-ortho nitro benzene ring substituents is 1. The number of carbonyl (C=O) groups is 2. The number of thioether (sulfide) groups is 1. The van der Waals surface area contributed by atoms with Crippen molar-refractivity contribution in [3.05, 3.63) is 34.4 Å². The highest BCUT2D eigenvalue weighted by Gasteiger charge is 2.27. The van der Waals surface area contributed by atoms with Gasteiger partial charge in [-0.25, -0.2) is 0 Å². The van der Waals surface area contributed by atoms with Gasteiger partial charge >= 0.3 is 5.97 Å². The Hall–Kier alpha value is -2.09. The molecule has 0 radical (unpaired) electrons. The molecule has 7 nitrogen and oxygen atoms in total. The maximum Gasteiger partial charge on any atom is 0.316 e. The molecule has 0 aliphatic rings. The molecule has 0 saturated heterocycles. The van der Waals surface area contributed by atoms with Crippen molar-refractivity contribution in [2.24, 2.45) is 5.41 Å². The van der Waals surface area contributed by atoms with Gasteiger partial charge in [0.2, 0.25) is 0 Å². The van der Waals surface area contributed by atoms with Crippen molar-refractivity contribution in [3.8, 4) is 0 Å². The molecule has 144 valence electrons. The van der Waals surface area contributed by atoms with Crippen molar-refractivity contribution in [1.82, 2.24) is 5.32 Å². The van der Waals surface area contributed by atoms with E-state index in [4.69, 9.17) is 4.74 Å². The zero-order chi connectivity index (χ0) is 20.0. The first-order valence-electron chi connectivity index (χ1n) is 8.22. The number of amides is 1. The van der Waals surface area contributed by atoms with Gasteiger partial charge in [-0.3, -0.25) is 19.7 Å². The summed E-state index contributed by atoms with van der Waals surface area (Å²) >= 11 is 1.19. The van der Waals surface area contributed by atoms with Crippen LogP contribution < -0.4 is 5.32 Å². The first-order valence-corrected chi connectivity index (χ1v) is 9.20. The van der Waals surface area contributed by atoms with Gasteiger partial charge in [0.05, 0.1) is 10.7 Å². The van der Waals surface area contributed by atoms with Gasteiger partial charge in [-0.1, -0.05) is 20.8 Å². The number of ether oxygens (including phenoxy) is 1. The van der Waals surface area contributed by atoms with Crippen molar-refractivity contribution in [2.75, 3.05) is 12.4 Å². The Kier molecular flexibility index (Phi) is 7.62. The Balaban J connectivity index is 2.37. The molecule has 0 saturated carbocycles. The Labute approximate surface area is 158 Å². The maximum absolute atomic E-state index is 12.0. The van der Waals surface area contributed by atoms with Gasteiger partial charge in [-0.15, -0.1) is 11.8 Å². The van der Waals surface area contributed by atoms with E-state index < -0.39 is 16.4 Å². The summed E-state index contributed by atoms with van der Waals surface area (Å²) in [6.07, 6.45) is 0.787. The fourth-order valence-corrected chi connectivity index (χ4v) is 3.47. The SMILES string of the molecule is CC(C)(C)CC(C)(C)NC(=O)COC(=O)CSc1ccc([N+](=O)[O-])cc1. The summed E-state index contributed by atoms with van der Waals surface area (Å²) in [5, 5.41) is 13.5. The van der Waals surface area contributed by atoms with Crippen LogP contribution in [0, 0.1) is 15.5 Å². The Morgan fingerprint density at radius 1 is 1.15 bits per heavy atom. The summed E-state index contributed by atoms with van der Waals surface area (Å²) in [7, 11) is 0. The molecule has 26 heavy (non-hydrogen) atoms. The first-order chi connectivity index (χ1) is 11.9. The largest absolute Gasteiger partial charge is 0.455 e. The first kappa shape index (κ1) is 22.0. The number of nitrogens with zero attached hydrogens (tertiary/aromatic N) is 1. The molecule has 1 rings (SSSR count). The van der Waals surface area contributed by atoms with Crippen LogP contribution in [0.15, 0.2) is 29.2 Å². The average Bonchev–Trinajstić information content (AvgIpc) is 2.48. The van der Waals surface area contributed by atoms with Gasteiger partial charge in [-0.2, -0.15) is 0 Å². The van der Waals surface area contributed by atoms with Crippen molar-refractivity contribution in [2.45, 2.75) is 51.5 Å². The number of carbonyl (C=O) groups excluding carboxylic acids is 2. The van der Waals surface area contributed by atoms with Crippen LogP contribution in [0.1, 0.15) is 41.0 Å². The monoisotopic (exact) mass is 382 g/mol. The molecule has 0 bridgehead atoms. The van der Waals surface area contributed by atoms with Crippen LogP contribution in [0.4, 0.5) is 5.69 Å². The van der Waals surface area contributed by atoms with Crippen molar-refractivity contribution < 1.29 is 19.2 Å². The Bertz CT molecular complexity index is 651. The number of nitro groups is 1. The molecule has 1 N–H and O–H groups in total. The summed E-state index contributed by atoms with van der Waals surface area (Å²) in [6, 6.07) is 5.88. The standard InChI is InChI=1S/C18H26N2O5S/c1-17(2,3)12-18(4,5)19-15(21)10-25-16(22)11-26-14-8-6-13(7-9-14)20(23)24/h6-9H,10-12H2,1-5H3,(H,19,21). The molecule has 0 atom stereocenters. The quantitative estimate of drug-likeness (QED) is 0.319. The third kappa shape index (κ3) is 8.84. The predicted molar refractivity (Wildman–Crippen MR) is 101 cm³/mol. The van der Waals surface area contributed by atoms with E-state index in [9.17, 15) is 19.7 Å². The minimum Gasteiger partial charge on any atom is -0.455 e. The number of nitro benzene ring substituents is 1. The third-order valence-electron chi connectivity index (χ3n) is 3.22. The summed E-state index contributed by atoms with van der Waals surface area (Å²) in [5.41, 5.74) is -0.337. The molecule has 0 aromatic heterocycles. The van der Waals surface area contributed by atoms with E-state index in [1.165, 1.54) is 23.9 Å². The van der Waals surface area contributed by atoms with E-state index in [0.29, 0.717) is 4.90 Å². The number of nitrogens with one attached hydrogen (secondary N) is 1. The van der Waals surface area contributed by atoms with Gasteiger partial charge < -0.3 is 10.1 Å². The highest BCUT2D eigenvalue weighted by Crippen LogP contribution is 2.26. The number of hydrogen-bond donors (Lipinski definition) is 1. The van der Waals surface area contributed by atoms with E-state index in [0.717, 1.165) is 6.42 Å². The van der Waals surface area contributed by atoms with Gasteiger partial charge in [-0.05, 0) is 37.8 Å². The molecule has 1 amide bonds. The number of hydrogen-bond acceptors (Lipinski definition) is 6. The molecule has 0 fully saturated rings. The van der Waals surface area contributed by atoms with Crippen LogP contribution in [0.5, 0.6) is 0 Å². The van der Waals surface area contributed by atoms with Crippen LogP contribution in [-0.4, -0.2) is 34.7 Å². The Morgan fingerprint density at radius 2 is 1.73 bits per heavy atom. The second kappa shape index (κ2) is 9.02. The number of rotatable bonds is 8. The lowest BCUT2D eigenvalue weighted by atomic mass is 9.82. The predicted octanol–water partition coefficient (Wildman–Crippen LogP) is 3.56. The molecule has 0 heterocycles. The third-order valence-corrected chi connectivity index (χ3v) is 4.20. The molecule has 0 aliphatic carbocycles. The van der Waals surface area contributed by atoms with Crippen molar-refractivity contribution in [3.63, 3.8) is 0 Å². The highest BCUT2D eigenvalue weighted by molar-refractivity contribution is 8.00. The van der Waals surface area contributed by atoms with Crippen LogP contribution in [0.2, 0.25) is 0 Å². The van der Waals surface area contributed by atoms with Crippen molar-refractivity contribution >= 4 is 29.3 Å². The van der Waals surface area contributed by atoms with E-state index >= 15 is 0 Å². The van der Waals surface area contributed by atoms with E-state index in [1.54, 1.807) is 12.1 Å². The summed E-state index contributed by atoms with van der Waals surface area (Å²) in [5.74, 6) is -0.832. The average molecular weight is 382 g/mol. The van der Waals surface area contributed by atoms with Crippen LogP contribution in [0.3, 0.4) is 0 Å². The van der Waals surface area contributed by atoms with E-state index in [-0.39, 0.29) is 29.4 Å². The molecule has 0 spiro atoms. The molecular weight excluding hydrogens is 356 g/mol. The normalized spacial score (nSPS) is 11.7. The second-order valence-corrected chi connectivity index (χ2v) is 8.92. The molecule has 0 aliphatic heterocycles. The van der Waals surface area contributed by atoms with Crippen molar-refractivity contribution in [1.29, 1.82) is 0 Å². The molecular formula is C18H26N2O5S. The lowest BCUT2D eigenvalue weighted by molar-refractivity contribution is -0.384. The molecule has 8 heteroatoms. The minimum absolute atomic E-state index is 0.00790. The van der Waals surface area contributed by atoms with Gasteiger partial charge in [0.15, 0.2) is 6.61 Å². The van der Waals surface area contributed by atoms with Crippen LogP contribution >= 0.6 is 11.8 Å². The Morgan fingerprint density at radius 3 is 2.23 bits per heavy atom. The lowest BCUT2D eigenvalue weighted by Gasteiger charge is -2.33. The second-order valence-electron chi connectivity index (χ2n) is 7.87. The summed E-state index contributed by atoms with van der Waals surface area (Å²) in [6.45, 7) is 9.82. The smallest absolute Gasteiger partial charge is 0.316 e. The fraction of sp³-hybridized carbons (Fsp3) is 0.556. The number of benzene rings is 1. The van der Waals surface area contributed by atoms with E-state index in [2.05, 4.69) is 26.1 Å². The topological polar surface area (TPSA) is 98.5 Å². The highest BCUT2D eigenvalue weighted by atomic mass is 32.2. The maximum atomic E-state index is 12.0. The van der Waals surface area contributed by atoms with Crippen LogP contribution in [-0.2, 0) is 14.3 Å². The zero-order valence-corrected chi connectivity index (χ0v) is 16.6. The fourth-order valence-electron chi connectivity index (χ4n) is 2.78. The lowest BCUT2D eigenvalue weighted by Crippen LogP contribution is -2.47. The molecule has 1 aromatic rings. The van der Waals surface area contributed by atoms with Crippen LogP contribution in [0.25, 0.3) is 0 Å². The number of esters is 1. The van der Waals surface area contributed by atoms with E-state index in [1.807, 2.05) is 13.8 Å². The minimum atomic E-state index is -0.517. The molecule has 1 aromatic carbocycles. The summed E-state index contributed by atoms with van der Waals surface area (Å²) in [4.78, 5) is 34.5. The zero-order valence-electron chi connectivity index (χ0n) is 15.8. The van der Waals surface area contributed by atoms with Gasteiger partial charge in [0, 0.05) is 22.6 Å².